The van der Waals surface area contributed by atoms with Gasteiger partial charge in [-0.25, -0.2) is 8.42 Å². The molecule has 0 radical (unpaired) electrons. The molecule has 0 aliphatic carbocycles. The van der Waals surface area contributed by atoms with E-state index in [1.54, 1.807) is 24.0 Å². The van der Waals surface area contributed by atoms with Crippen LogP contribution < -0.4 is 4.72 Å². The Hall–Kier alpha value is -3.13. The number of benzene rings is 2. The molecule has 0 unspecified atom stereocenters. The van der Waals surface area contributed by atoms with Crippen LogP contribution in [0.2, 0.25) is 0 Å². The molecule has 0 fully saturated rings. The smallest absolute Gasteiger partial charge is 0.266 e. The number of sulfonamides is 1. The summed E-state index contributed by atoms with van der Waals surface area (Å²) < 4.78 is 30.3. The molecule has 4 rings (SSSR count). The van der Waals surface area contributed by atoms with Crippen molar-refractivity contribution in [2.45, 2.75) is 11.4 Å². The Morgan fingerprint density at radius 2 is 1.88 bits per heavy atom. The van der Waals surface area contributed by atoms with Crippen LogP contribution in [0.25, 0.3) is 10.8 Å². The highest BCUT2D eigenvalue weighted by molar-refractivity contribution is 7.92. The second-order valence-corrected chi connectivity index (χ2v) is 7.67. The topological polar surface area (TPSA) is 81.8 Å². The van der Waals surface area contributed by atoms with Crippen LogP contribution in [0.5, 0.6) is 0 Å². The lowest BCUT2D eigenvalue weighted by atomic mass is 10.0. The Kier molecular flexibility index (Phi) is 3.96. The summed E-state index contributed by atoms with van der Waals surface area (Å²) in [4.78, 5) is 0.101. The van der Waals surface area contributed by atoms with Gasteiger partial charge < -0.3 is 0 Å². The molecule has 0 atom stereocenters. The van der Waals surface area contributed by atoms with Crippen molar-refractivity contribution >= 4 is 26.6 Å². The second kappa shape index (κ2) is 6.30. The van der Waals surface area contributed by atoms with Gasteiger partial charge >= 0.3 is 0 Å². The Balaban J connectivity index is 1.57. The maximum absolute atomic E-state index is 12.3. The zero-order valence-corrected chi connectivity index (χ0v) is 14.9. The van der Waals surface area contributed by atoms with Gasteiger partial charge in [0.2, 0.25) is 0 Å². The van der Waals surface area contributed by atoms with Crippen molar-refractivity contribution < 1.29 is 8.42 Å². The number of aryl methyl sites for hydroxylation is 1. The van der Waals surface area contributed by atoms with Crippen LogP contribution in [0.4, 0.5) is 5.82 Å². The number of fused-ring (bicyclic) bond motifs is 1. The van der Waals surface area contributed by atoms with Crippen LogP contribution in [-0.2, 0) is 23.6 Å². The number of rotatable bonds is 5. The van der Waals surface area contributed by atoms with Crippen LogP contribution in [0.15, 0.2) is 72.0 Å². The van der Waals surface area contributed by atoms with E-state index >= 15 is 0 Å². The van der Waals surface area contributed by atoms with Gasteiger partial charge in [-0.05, 0) is 16.3 Å². The number of hydrogen-bond acceptors (Lipinski definition) is 4. The minimum absolute atomic E-state index is 0.101. The van der Waals surface area contributed by atoms with Crippen molar-refractivity contribution in [2.24, 2.45) is 7.05 Å². The van der Waals surface area contributed by atoms with Crippen LogP contribution in [0, 0.1) is 0 Å². The van der Waals surface area contributed by atoms with E-state index in [2.05, 4.69) is 33.1 Å². The van der Waals surface area contributed by atoms with Gasteiger partial charge in [0.25, 0.3) is 10.0 Å². The Morgan fingerprint density at radius 3 is 2.69 bits per heavy atom. The first kappa shape index (κ1) is 16.3. The number of hydrogen-bond donors (Lipinski definition) is 1. The molecule has 1 N–H and O–H groups in total. The normalized spacial score (nSPS) is 11.7. The van der Waals surface area contributed by atoms with Gasteiger partial charge in [-0.1, -0.05) is 42.5 Å². The quantitative estimate of drug-likeness (QED) is 0.588. The summed E-state index contributed by atoms with van der Waals surface area (Å²) in [7, 11) is -2.03. The summed E-state index contributed by atoms with van der Waals surface area (Å²) in [5, 5.41) is 10.5. The van der Waals surface area contributed by atoms with E-state index in [0.717, 1.165) is 16.3 Å². The molecule has 2 heterocycles. The highest BCUT2D eigenvalue weighted by Crippen LogP contribution is 2.20. The summed E-state index contributed by atoms with van der Waals surface area (Å²) in [6.07, 6.45) is 4.49. The van der Waals surface area contributed by atoms with Crippen LogP contribution >= 0.6 is 0 Å². The predicted molar refractivity (Wildman–Crippen MR) is 99.3 cm³/mol. The highest BCUT2D eigenvalue weighted by Gasteiger charge is 2.17. The molecule has 0 aliphatic heterocycles. The molecule has 0 spiro atoms. The number of aromatic nitrogens is 4. The van der Waals surface area contributed by atoms with E-state index in [-0.39, 0.29) is 10.7 Å². The van der Waals surface area contributed by atoms with Gasteiger partial charge in [0, 0.05) is 25.5 Å². The lowest BCUT2D eigenvalue weighted by Gasteiger charge is -2.07. The molecule has 4 aromatic rings. The van der Waals surface area contributed by atoms with E-state index in [9.17, 15) is 8.42 Å². The average molecular weight is 367 g/mol. The van der Waals surface area contributed by atoms with Gasteiger partial charge in [-0.3, -0.25) is 14.1 Å². The van der Waals surface area contributed by atoms with E-state index in [1.807, 2.05) is 24.3 Å². The first-order valence-corrected chi connectivity index (χ1v) is 9.51. The van der Waals surface area contributed by atoms with E-state index in [0.29, 0.717) is 6.54 Å². The fourth-order valence-corrected chi connectivity index (χ4v) is 3.82. The molecule has 0 amide bonds. The van der Waals surface area contributed by atoms with Crippen molar-refractivity contribution in [3.05, 3.63) is 72.7 Å². The molecule has 2 aromatic heterocycles. The fourth-order valence-electron chi connectivity index (χ4n) is 2.84. The van der Waals surface area contributed by atoms with Crippen LogP contribution in [0.1, 0.15) is 5.56 Å². The van der Waals surface area contributed by atoms with Gasteiger partial charge in [-0.15, -0.1) is 0 Å². The van der Waals surface area contributed by atoms with Gasteiger partial charge in [0.05, 0.1) is 12.7 Å². The predicted octanol–water partition coefficient (Wildman–Crippen LogP) is 2.62. The molecule has 0 saturated carbocycles. The van der Waals surface area contributed by atoms with E-state index in [4.69, 9.17) is 0 Å². The van der Waals surface area contributed by atoms with Crippen molar-refractivity contribution in [2.75, 3.05) is 4.72 Å². The Bertz CT molecular complexity index is 1170. The van der Waals surface area contributed by atoms with Crippen molar-refractivity contribution in [3.63, 3.8) is 0 Å². The minimum Gasteiger partial charge on any atom is -0.274 e. The van der Waals surface area contributed by atoms with Crippen LogP contribution in [0.3, 0.4) is 0 Å². The molecule has 8 heteroatoms. The number of anilines is 1. The average Bonchev–Trinajstić information content (AvgIpc) is 3.24. The summed E-state index contributed by atoms with van der Waals surface area (Å²) in [5.41, 5.74) is 1.12. The highest BCUT2D eigenvalue weighted by atomic mass is 32.2. The minimum atomic E-state index is -3.70. The third-order valence-corrected chi connectivity index (χ3v) is 5.39. The summed E-state index contributed by atoms with van der Waals surface area (Å²) in [6, 6.07) is 15.9. The molecule has 0 bridgehead atoms. The van der Waals surface area contributed by atoms with E-state index in [1.165, 1.54) is 17.1 Å². The van der Waals surface area contributed by atoms with Crippen LogP contribution in [-0.4, -0.2) is 28.0 Å². The standard InChI is InChI=1S/C18H17N5O2S/c1-22-13-16(11-19-22)26(24,25)21-18-9-10-23(20-18)12-15-7-4-6-14-5-2-3-8-17(14)15/h2-11,13H,12H2,1H3,(H,20,21). The summed E-state index contributed by atoms with van der Waals surface area (Å²) >= 11 is 0. The largest absolute Gasteiger partial charge is 0.274 e. The third kappa shape index (κ3) is 3.18. The first-order valence-electron chi connectivity index (χ1n) is 8.03. The van der Waals surface area contributed by atoms with Gasteiger partial charge in [-0.2, -0.15) is 10.2 Å². The van der Waals surface area contributed by atoms with Crippen molar-refractivity contribution in [3.8, 4) is 0 Å². The molecular weight excluding hydrogens is 350 g/mol. The van der Waals surface area contributed by atoms with Gasteiger partial charge in [0.1, 0.15) is 4.90 Å². The molecular formula is C18H17N5O2S. The molecule has 132 valence electrons. The first-order chi connectivity index (χ1) is 12.5. The summed E-state index contributed by atoms with van der Waals surface area (Å²) in [5.74, 6) is 0.272. The zero-order chi connectivity index (χ0) is 18.1. The lowest BCUT2D eigenvalue weighted by molar-refractivity contribution is 0.600. The molecule has 26 heavy (non-hydrogen) atoms. The Morgan fingerprint density at radius 1 is 1.08 bits per heavy atom. The second-order valence-electron chi connectivity index (χ2n) is 5.99. The SMILES string of the molecule is Cn1cc(S(=O)(=O)Nc2ccn(Cc3cccc4ccccc34)n2)cn1. The van der Waals surface area contributed by atoms with Crippen molar-refractivity contribution in [1.29, 1.82) is 0 Å². The maximum atomic E-state index is 12.3. The third-order valence-electron chi connectivity index (χ3n) is 4.08. The fraction of sp³-hybridized carbons (Fsp3) is 0.111. The number of nitrogens with one attached hydrogen (secondary N) is 1. The number of nitrogens with zero attached hydrogens (tertiary/aromatic N) is 4. The molecule has 0 aliphatic rings. The Labute approximate surface area is 150 Å². The molecule has 2 aromatic carbocycles. The van der Waals surface area contributed by atoms with Crippen molar-refractivity contribution in [1.82, 2.24) is 19.6 Å². The zero-order valence-electron chi connectivity index (χ0n) is 14.1. The lowest BCUT2D eigenvalue weighted by Crippen LogP contribution is -2.13. The maximum Gasteiger partial charge on any atom is 0.266 e. The van der Waals surface area contributed by atoms with Gasteiger partial charge in [0.15, 0.2) is 5.82 Å². The molecule has 0 saturated heterocycles. The van der Waals surface area contributed by atoms with E-state index < -0.39 is 10.0 Å². The molecule has 7 nitrogen and oxygen atoms in total. The summed E-state index contributed by atoms with van der Waals surface area (Å²) in [6.45, 7) is 0.552. The monoisotopic (exact) mass is 367 g/mol.